The van der Waals surface area contributed by atoms with Gasteiger partial charge in [0.15, 0.2) is 0 Å². The van der Waals surface area contributed by atoms with Gasteiger partial charge in [0, 0.05) is 38.6 Å². The average Bonchev–Trinajstić information content (AvgIpc) is 2.53. The number of carbonyl (C=O) groups excluding carboxylic acids is 1. The van der Waals surface area contributed by atoms with Gasteiger partial charge in [0.1, 0.15) is 6.04 Å². The van der Waals surface area contributed by atoms with Crippen molar-refractivity contribution in [3.05, 3.63) is 0 Å². The Balaban J connectivity index is 0.00000196. The molecule has 5 fully saturated rings. The molecule has 1 heterocycles. The van der Waals surface area contributed by atoms with Gasteiger partial charge in [-0.25, -0.2) is 0 Å². The van der Waals surface area contributed by atoms with Crippen molar-refractivity contribution in [3.63, 3.8) is 0 Å². The molecule has 4 saturated carbocycles. The minimum absolute atomic E-state index is 0. The van der Waals surface area contributed by atoms with Crippen LogP contribution < -0.4 is 10.6 Å². The summed E-state index contributed by atoms with van der Waals surface area (Å²) in [6.45, 7) is 1.56. The quantitative estimate of drug-likeness (QED) is 0.768. The van der Waals surface area contributed by atoms with E-state index in [9.17, 15) is 18.0 Å². The molecule has 2 N–H and O–H groups in total. The highest BCUT2D eigenvalue weighted by Gasteiger charge is 2.51. The molecule has 26 heavy (non-hydrogen) atoms. The molecule has 1 amide bonds. The van der Waals surface area contributed by atoms with E-state index in [2.05, 4.69) is 10.6 Å². The van der Waals surface area contributed by atoms with Crippen molar-refractivity contribution in [3.8, 4) is 0 Å². The number of amides is 1. The number of nitrogens with zero attached hydrogens (tertiary/aromatic N) is 1. The van der Waals surface area contributed by atoms with Crippen molar-refractivity contribution in [2.24, 2.45) is 29.6 Å². The van der Waals surface area contributed by atoms with Gasteiger partial charge in [0.05, 0.1) is 0 Å². The van der Waals surface area contributed by atoms with Crippen molar-refractivity contribution >= 4 is 18.3 Å². The zero-order chi connectivity index (χ0) is 17.6. The Labute approximate surface area is 159 Å². The molecule has 1 atom stereocenters. The van der Waals surface area contributed by atoms with Crippen LogP contribution in [-0.2, 0) is 4.79 Å². The molecule has 5 aliphatic rings. The van der Waals surface area contributed by atoms with Gasteiger partial charge < -0.3 is 10.6 Å². The number of hydrogen-bond acceptors (Lipinski definition) is 3. The van der Waals surface area contributed by atoms with Crippen LogP contribution in [0.25, 0.3) is 0 Å². The van der Waals surface area contributed by atoms with Gasteiger partial charge in [0.2, 0.25) is 5.91 Å². The van der Waals surface area contributed by atoms with E-state index < -0.39 is 12.2 Å². The Hall–Kier alpha value is -0.530. The van der Waals surface area contributed by atoms with Crippen LogP contribution in [0.15, 0.2) is 0 Å². The first-order valence-corrected chi connectivity index (χ1v) is 9.71. The molecular formula is C18H29ClF3N3O. The second-order valence-corrected chi connectivity index (χ2v) is 8.55. The van der Waals surface area contributed by atoms with E-state index >= 15 is 0 Å². The van der Waals surface area contributed by atoms with E-state index in [-0.39, 0.29) is 30.8 Å². The molecule has 0 aromatic carbocycles. The van der Waals surface area contributed by atoms with Crippen molar-refractivity contribution in [2.75, 3.05) is 32.7 Å². The largest absolute Gasteiger partial charge is 0.405 e. The molecule has 1 unspecified atom stereocenters. The van der Waals surface area contributed by atoms with Crippen LogP contribution in [0.1, 0.15) is 32.1 Å². The van der Waals surface area contributed by atoms with Crippen LogP contribution in [-0.4, -0.2) is 55.7 Å². The third-order valence-corrected chi connectivity index (χ3v) is 6.97. The number of halogens is 4. The summed E-state index contributed by atoms with van der Waals surface area (Å²) in [7, 11) is 0. The predicted octanol–water partition coefficient (Wildman–Crippen LogP) is 2.43. The third-order valence-electron chi connectivity index (χ3n) is 6.97. The molecule has 4 nitrogen and oxygen atoms in total. The summed E-state index contributed by atoms with van der Waals surface area (Å²) in [4.78, 5) is 14.2. The van der Waals surface area contributed by atoms with Crippen molar-refractivity contribution in [2.45, 2.75) is 44.3 Å². The number of piperazine rings is 1. The maximum atomic E-state index is 13.5. The van der Waals surface area contributed by atoms with E-state index in [0.717, 1.165) is 37.5 Å². The molecular weight excluding hydrogens is 367 g/mol. The highest BCUT2D eigenvalue weighted by atomic mass is 35.5. The molecule has 8 heteroatoms. The molecule has 5 rings (SSSR count). The molecule has 4 bridgehead atoms. The van der Waals surface area contributed by atoms with Gasteiger partial charge >= 0.3 is 6.18 Å². The monoisotopic (exact) mass is 395 g/mol. The zero-order valence-corrected chi connectivity index (χ0v) is 15.7. The predicted molar refractivity (Wildman–Crippen MR) is 95.1 cm³/mol. The van der Waals surface area contributed by atoms with Gasteiger partial charge in [-0.1, -0.05) is 0 Å². The van der Waals surface area contributed by atoms with E-state index in [1.807, 2.05) is 0 Å². The smallest absolute Gasteiger partial charge is 0.354 e. The average molecular weight is 396 g/mol. The number of nitrogens with one attached hydrogen (secondary N) is 2. The third kappa shape index (κ3) is 3.99. The van der Waals surface area contributed by atoms with Gasteiger partial charge in [0.25, 0.3) is 0 Å². The van der Waals surface area contributed by atoms with E-state index in [1.54, 1.807) is 0 Å². The fourth-order valence-corrected chi connectivity index (χ4v) is 6.11. The van der Waals surface area contributed by atoms with Crippen LogP contribution in [0.2, 0.25) is 0 Å². The van der Waals surface area contributed by atoms with Gasteiger partial charge in [-0.2, -0.15) is 13.2 Å². The van der Waals surface area contributed by atoms with E-state index in [4.69, 9.17) is 0 Å². The Morgan fingerprint density at radius 1 is 1.04 bits per heavy atom. The first kappa shape index (κ1) is 20.2. The summed E-state index contributed by atoms with van der Waals surface area (Å²) in [5, 5.41) is 5.77. The summed E-state index contributed by atoms with van der Waals surface area (Å²) >= 11 is 0. The van der Waals surface area contributed by atoms with Crippen LogP contribution in [0, 0.1) is 29.6 Å². The van der Waals surface area contributed by atoms with Crippen LogP contribution in [0.5, 0.6) is 0 Å². The first-order chi connectivity index (χ1) is 11.9. The Kier molecular flexibility index (Phi) is 6.09. The molecule has 0 radical (unpaired) electrons. The highest BCUT2D eigenvalue weighted by molar-refractivity contribution is 5.85. The lowest BCUT2D eigenvalue weighted by Gasteiger charge is -2.53. The normalized spacial score (nSPS) is 37.9. The number of rotatable bonds is 4. The maximum Gasteiger partial charge on any atom is 0.405 e. The molecule has 4 aliphatic carbocycles. The minimum atomic E-state index is -4.31. The van der Waals surface area contributed by atoms with Gasteiger partial charge in [-0.3, -0.25) is 9.69 Å². The number of alkyl halides is 3. The summed E-state index contributed by atoms with van der Waals surface area (Å²) in [6.07, 6.45) is 1.41. The summed E-state index contributed by atoms with van der Waals surface area (Å²) in [5.74, 6) is 2.15. The fraction of sp³-hybridized carbons (Fsp3) is 0.944. The summed E-state index contributed by atoms with van der Waals surface area (Å²) < 4.78 is 40.4. The summed E-state index contributed by atoms with van der Waals surface area (Å²) in [6, 6.07) is -1.57. The minimum Gasteiger partial charge on any atom is -0.354 e. The van der Waals surface area contributed by atoms with E-state index in [1.165, 1.54) is 11.3 Å². The highest BCUT2D eigenvalue weighted by Crippen LogP contribution is 2.56. The second kappa shape index (κ2) is 7.84. The Morgan fingerprint density at radius 3 is 2.08 bits per heavy atom. The van der Waals surface area contributed by atoms with Crippen molar-refractivity contribution < 1.29 is 18.0 Å². The summed E-state index contributed by atoms with van der Waals surface area (Å²) in [5.41, 5.74) is 0. The molecule has 1 saturated heterocycles. The lowest BCUT2D eigenvalue weighted by atomic mass is 9.51. The Morgan fingerprint density at radius 2 is 1.58 bits per heavy atom. The van der Waals surface area contributed by atoms with Gasteiger partial charge in [-0.15, -0.1) is 12.4 Å². The maximum absolute atomic E-state index is 13.5. The van der Waals surface area contributed by atoms with Crippen molar-refractivity contribution in [1.82, 2.24) is 15.5 Å². The Bertz CT molecular complexity index is 482. The van der Waals surface area contributed by atoms with Crippen LogP contribution >= 0.6 is 12.4 Å². The standard InChI is InChI=1S/C18H28F3N3O.ClH/c19-18(20,21)15(24-3-1-22-2-4-24)10-23-17(25)16-13-6-11-5-12(8-13)9-14(16)7-11;/h11-16,22H,1-10H2,(H,23,25);1H. The molecule has 0 spiro atoms. The van der Waals surface area contributed by atoms with Crippen LogP contribution in [0.3, 0.4) is 0 Å². The zero-order valence-electron chi connectivity index (χ0n) is 14.9. The molecule has 1 aliphatic heterocycles. The SMILES string of the molecule is Cl.O=C(NCC(N1CCNCC1)C(F)(F)F)C1C2CC3CC(C2)CC1C3. The fourth-order valence-electron chi connectivity index (χ4n) is 6.11. The lowest BCUT2D eigenvalue weighted by molar-refractivity contribution is -0.184. The topological polar surface area (TPSA) is 44.4 Å². The first-order valence-electron chi connectivity index (χ1n) is 9.71. The van der Waals surface area contributed by atoms with E-state index in [0.29, 0.717) is 38.0 Å². The number of hydrogen-bond donors (Lipinski definition) is 2. The van der Waals surface area contributed by atoms with Crippen molar-refractivity contribution in [1.29, 1.82) is 0 Å². The molecule has 0 aromatic heterocycles. The van der Waals surface area contributed by atoms with Crippen LogP contribution in [0.4, 0.5) is 13.2 Å². The number of carbonyl (C=O) groups is 1. The second-order valence-electron chi connectivity index (χ2n) is 8.55. The molecule has 0 aromatic rings. The lowest BCUT2D eigenvalue weighted by Crippen LogP contribution is -2.59. The van der Waals surface area contributed by atoms with Gasteiger partial charge in [-0.05, 0) is 55.8 Å². The molecule has 150 valence electrons.